The second-order valence-electron chi connectivity index (χ2n) is 4.75. The molecule has 1 aliphatic heterocycles. The van der Waals surface area contributed by atoms with Crippen molar-refractivity contribution in [2.75, 3.05) is 24.6 Å². The largest absolute Gasteiger partial charge is 0.396 e. The van der Waals surface area contributed by atoms with Crippen molar-refractivity contribution in [3.8, 4) is 0 Å². The summed E-state index contributed by atoms with van der Waals surface area (Å²) < 4.78 is 13.9. The highest BCUT2D eigenvalue weighted by Crippen LogP contribution is 2.32. The van der Waals surface area contributed by atoms with Crippen LogP contribution in [0.5, 0.6) is 0 Å². The van der Waals surface area contributed by atoms with E-state index in [-0.39, 0.29) is 24.4 Å². The predicted octanol–water partition coefficient (Wildman–Crippen LogP) is 1.66. The van der Waals surface area contributed by atoms with E-state index in [1.165, 1.54) is 6.07 Å². The average Bonchev–Trinajstić information content (AvgIpc) is 2.76. The van der Waals surface area contributed by atoms with E-state index in [1.54, 1.807) is 6.07 Å². The number of benzene rings is 1. The molecule has 0 radical (unpaired) electrons. The number of para-hydroxylation sites is 1. The van der Waals surface area contributed by atoms with Crippen molar-refractivity contribution in [3.05, 3.63) is 29.6 Å². The van der Waals surface area contributed by atoms with Crippen molar-refractivity contribution >= 4 is 5.69 Å². The third kappa shape index (κ3) is 2.42. The molecule has 0 aromatic heterocycles. The van der Waals surface area contributed by atoms with Crippen molar-refractivity contribution in [2.24, 2.45) is 11.7 Å². The smallest absolute Gasteiger partial charge is 0.146 e. The zero-order valence-corrected chi connectivity index (χ0v) is 10.1. The number of nitrogens with two attached hydrogens (primary N) is 1. The molecule has 3 N–H and O–H groups in total. The first-order valence-corrected chi connectivity index (χ1v) is 6.03. The molecule has 2 atom stereocenters. The predicted molar refractivity (Wildman–Crippen MR) is 66.4 cm³/mol. The minimum Gasteiger partial charge on any atom is -0.396 e. The summed E-state index contributed by atoms with van der Waals surface area (Å²) >= 11 is 0. The summed E-state index contributed by atoms with van der Waals surface area (Å²) in [6.07, 6.45) is 0.906. The second-order valence-corrected chi connectivity index (χ2v) is 4.75. The summed E-state index contributed by atoms with van der Waals surface area (Å²) in [5.41, 5.74) is 7.32. The highest BCUT2D eigenvalue weighted by molar-refractivity contribution is 5.56. The molecule has 1 aromatic carbocycles. The van der Waals surface area contributed by atoms with Crippen LogP contribution in [0.4, 0.5) is 10.1 Å². The summed E-state index contributed by atoms with van der Waals surface area (Å²) in [4.78, 5) is 1.99. The van der Waals surface area contributed by atoms with E-state index in [1.807, 2.05) is 17.9 Å². The highest BCUT2D eigenvalue weighted by atomic mass is 19.1. The highest BCUT2D eigenvalue weighted by Gasteiger charge is 2.26. The number of nitrogens with zero attached hydrogens (tertiary/aromatic N) is 1. The first-order chi connectivity index (χ1) is 8.13. The number of halogens is 1. The van der Waals surface area contributed by atoms with Gasteiger partial charge in [0.1, 0.15) is 5.82 Å². The summed E-state index contributed by atoms with van der Waals surface area (Å²) in [6, 6.07) is 4.84. The molecule has 1 saturated heterocycles. The van der Waals surface area contributed by atoms with Crippen LogP contribution >= 0.6 is 0 Å². The van der Waals surface area contributed by atoms with Gasteiger partial charge in [0, 0.05) is 31.7 Å². The maximum absolute atomic E-state index is 13.9. The van der Waals surface area contributed by atoms with Crippen LogP contribution in [0.2, 0.25) is 0 Å². The van der Waals surface area contributed by atoms with Crippen LogP contribution in [0, 0.1) is 11.7 Å². The van der Waals surface area contributed by atoms with Crippen LogP contribution < -0.4 is 10.6 Å². The van der Waals surface area contributed by atoms with Crippen LogP contribution in [-0.2, 0) is 0 Å². The Hall–Kier alpha value is -1.13. The molecular weight excluding hydrogens is 219 g/mol. The molecule has 1 aliphatic rings. The molecule has 0 bridgehead atoms. The van der Waals surface area contributed by atoms with Crippen molar-refractivity contribution in [1.29, 1.82) is 0 Å². The van der Waals surface area contributed by atoms with Gasteiger partial charge < -0.3 is 15.7 Å². The van der Waals surface area contributed by atoms with Gasteiger partial charge in [0.25, 0.3) is 0 Å². The molecule has 1 aromatic rings. The normalized spacial score (nSPS) is 21.9. The molecule has 0 amide bonds. The van der Waals surface area contributed by atoms with E-state index in [9.17, 15) is 4.39 Å². The van der Waals surface area contributed by atoms with Gasteiger partial charge in [-0.05, 0) is 25.0 Å². The summed E-state index contributed by atoms with van der Waals surface area (Å²) in [5, 5.41) is 9.13. The van der Waals surface area contributed by atoms with Crippen LogP contribution in [-0.4, -0.2) is 24.8 Å². The van der Waals surface area contributed by atoms with Gasteiger partial charge in [-0.3, -0.25) is 0 Å². The fourth-order valence-electron chi connectivity index (χ4n) is 2.42. The quantitative estimate of drug-likeness (QED) is 0.842. The molecule has 1 fully saturated rings. The Morgan fingerprint density at radius 1 is 1.59 bits per heavy atom. The zero-order valence-electron chi connectivity index (χ0n) is 10.1. The Morgan fingerprint density at radius 2 is 2.35 bits per heavy atom. The number of aliphatic hydroxyl groups excluding tert-OH is 1. The van der Waals surface area contributed by atoms with Gasteiger partial charge in [0.2, 0.25) is 0 Å². The second kappa shape index (κ2) is 5.02. The minimum atomic E-state index is -0.224. The standard InChI is InChI=1S/C13H19FN2O/c1-9(15)11-3-2-4-12(14)13(11)16-6-5-10(7-16)8-17/h2-4,9-10,17H,5-8,15H2,1H3. The Morgan fingerprint density at radius 3 is 2.94 bits per heavy atom. The maximum atomic E-state index is 13.9. The van der Waals surface area contributed by atoms with Crippen LogP contribution in [0.25, 0.3) is 0 Å². The molecule has 4 heteroatoms. The van der Waals surface area contributed by atoms with Gasteiger partial charge in [0.15, 0.2) is 0 Å². The fraction of sp³-hybridized carbons (Fsp3) is 0.538. The summed E-state index contributed by atoms with van der Waals surface area (Å²) in [7, 11) is 0. The third-order valence-electron chi connectivity index (χ3n) is 3.37. The van der Waals surface area contributed by atoms with E-state index in [0.29, 0.717) is 12.2 Å². The molecule has 0 spiro atoms. The van der Waals surface area contributed by atoms with Gasteiger partial charge in [-0.15, -0.1) is 0 Å². The van der Waals surface area contributed by atoms with Gasteiger partial charge in [-0.2, -0.15) is 0 Å². The van der Waals surface area contributed by atoms with E-state index in [0.717, 1.165) is 18.5 Å². The lowest BCUT2D eigenvalue weighted by molar-refractivity contribution is 0.238. The fourth-order valence-corrected chi connectivity index (χ4v) is 2.42. The number of hydrogen-bond acceptors (Lipinski definition) is 3. The Balaban J connectivity index is 2.31. The first-order valence-electron chi connectivity index (χ1n) is 6.03. The number of anilines is 1. The van der Waals surface area contributed by atoms with Gasteiger partial charge in [0.05, 0.1) is 5.69 Å². The Kier molecular flexibility index (Phi) is 3.64. The van der Waals surface area contributed by atoms with E-state index in [4.69, 9.17) is 10.8 Å². The van der Waals surface area contributed by atoms with Crippen molar-refractivity contribution in [2.45, 2.75) is 19.4 Å². The molecule has 3 nitrogen and oxygen atoms in total. The molecule has 2 unspecified atom stereocenters. The summed E-state index contributed by atoms with van der Waals surface area (Å²) in [5.74, 6) is 0.0222. The minimum absolute atomic E-state index is 0.165. The molecule has 17 heavy (non-hydrogen) atoms. The number of rotatable bonds is 3. The van der Waals surface area contributed by atoms with Crippen LogP contribution in [0.1, 0.15) is 24.9 Å². The van der Waals surface area contributed by atoms with Crippen molar-refractivity contribution in [1.82, 2.24) is 0 Å². The molecular formula is C13H19FN2O. The maximum Gasteiger partial charge on any atom is 0.146 e. The first kappa shape index (κ1) is 12.3. The molecule has 0 saturated carbocycles. The van der Waals surface area contributed by atoms with E-state index in [2.05, 4.69) is 0 Å². The van der Waals surface area contributed by atoms with Crippen molar-refractivity contribution < 1.29 is 9.50 Å². The van der Waals surface area contributed by atoms with Gasteiger partial charge in [-0.1, -0.05) is 12.1 Å². The lowest BCUT2D eigenvalue weighted by Gasteiger charge is -2.24. The Bertz CT molecular complexity index is 395. The lowest BCUT2D eigenvalue weighted by atomic mass is 10.1. The Labute approximate surface area is 101 Å². The van der Waals surface area contributed by atoms with Crippen LogP contribution in [0.15, 0.2) is 18.2 Å². The van der Waals surface area contributed by atoms with Crippen LogP contribution in [0.3, 0.4) is 0 Å². The van der Waals surface area contributed by atoms with Crippen molar-refractivity contribution in [3.63, 3.8) is 0 Å². The summed E-state index contributed by atoms with van der Waals surface area (Å²) in [6.45, 7) is 3.51. The zero-order chi connectivity index (χ0) is 12.4. The molecule has 1 heterocycles. The molecule has 0 aliphatic carbocycles. The lowest BCUT2D eigenvalue weighted by Crippen LogP contribution is -2.24. The molecule has 2 rings (SSSR count). The van der Waals surface area contributed by atoms with E-state index < -0.39 is 0 Å². The van der Waals surface area contributed by atoms with Gasteiger partial charge in [-0.25, -0.2) is 4.39 Å². The number of aliphatic hydroxyl groups is 1. The third-order valence-corrected chi connectivity index (χ3v) is 3.37. The van der Waals surface area contributed by atoms with Gasteiger partial charge >= 0.3 is 0 Å². The SMILES string of the molecule is CC(N)c1cccc(F)c1N1CCC(CO)C1. The van der Waals surface area contributed by atoms with E-state index >= 15 is 0 Å². The molecule has 94 valence electrons. The topological polar surface area (TPSA) is 49.5 Å². The number of hydrogen-bond donors (Lipinski definition) is 2. The monoisotopic (exact) mass is 238 g/mol. The average molecular weight is 238 g/mol.